The molecule has 1 aliphatic rings. The van der Waals surface area contributed by atoms with E-state index >= 15 is 0 Å². The Bertz CT molecular complexity index is 782. The number of amides is 1. The second-order valence-corrected chi connectivity index (χ2v) is 6.68. The van der Waals surface area contributed by atoms with Crippen molar-refractivity contribution >= 4 is 17.3 Å². The van der Waals surface area contributed by atoms with Crippen LogP contribution in [0.2, 0.25) is 0 Å². The Kier molecular flexibility index (Phi) is 6.42. The minimum atomic E-state index is -0.176. The van der Waals surface area contributed by atoms with Crippen LogP contribution in [0.25, 0.3) is 0 Å². The Morgan fingerprint density at radius 2 is 2.08 bits per heavy atom. The van der Waals surface area contributed by atoms with Gasteiger partial charge in [-0.2, -0.15) is 0 Å². The Morgan fingerprint density at radius 3 is 2.88 bits per heavy atom. The first-order valence-corrected chi connectivity index (χ1v) is 9.53. The molecule has 0 saturated heterocycles. The molecule has 136 valence electrons. The zero-order chi connectivity index (χ0) is 18.2. The maximum Gasteiger partial charge on any atom is 0.274 e. The van der Waals surface area contributed by atoms with Gasteiger partial charge in [0.2, 0.25) is 0 Å². The summed E-state index contributed by atoms with van der Waals surface area (Å²) in [5.74, 6) is -0.176. The van der Waals surface area contributed by atoms with Crippen molar-refractivity contribution in [2.75, 3.05) is 17.2 Å². The number of benzene rings is 1. The lowest BCUT2D eigenvalue weighted by atomic mass is 9.97. The number of carbonyl (C=O) groups excluding carboxylic acids is 1. The highest BCUT2D eigenvalue weighted by Gasteiger charge is 2.10. The summed E-state index contributed by atoms with van der Waals surface area (Å²) in [5.41, 5.74) is 4.88. The highest BCUT2D eigenvalue weighted by atomic mass is 16.1. The molecule has 0 fully saturated rings. The van der Waals surface area contributed by atoms with E-state index in [-0.39, 0.29) is 5.91 Å². The number of pyridine rings is 1. The first-order valence-electron chi connectivity index (χ1n) is 9.53. The summed E-state index contributed by atoms with van der Waals surface area (Å²) in [6.07, 6.45) is 11.1. The van der Waals surface area contributed by atoms with E-state index in [4.69, 9.17) is 0 Å². The van der Waals surface area contributed by atoms with Gasteiger partial charge in [-0.3, -0.25) is 9.78 Å². The fraction of sp³-hybridized carbons (Fsp3) is 0.364. The molecule has 4 nitrogen and oxygen atoms in total. The number of carbonyl (C=O) groups is 1. The number of hydrogen-bond acceptors (Lipinski definition) is 3. The van der Waals surface area contributed by atoms with Crippen LogP contribution >= 0.6 is 0 Å². The Balaban J connectivity index is 1.59. The molecule has 3 rings (SSSR count). The number of nitrogens with one attached hydrogen (secondary N) is 2. The van der Waals surface area contributed by atoms with Gasteiger partial charge in [0.1, 0.15) is 5.69 Å². The van der Waals surface area contributed by atoms with E-state index in [9.17, 15) is 4.79 Å². The summed E-state index contributed by atoms with van der Waals surface area (Å²) >= 11 is 0. The summed E-state index contributed by atoms with van der Waals surface area (Å²) in [4.78, 5) is 16.8. The molecule has 0 saturated carbocycles. The number of allylic oxidation sites excluding steroid dienone is 1. The van der Waals surface area contributed by atoms with Gasteiger partial charge in [-0.25, -0.2) is 0 Å². The smallest absolute Gasteiger partial charge is 0.274 e. The summed E-state index contributed by atoms with van der Waals surface area (Å²) < 4.78 is 0. The van der Waals surface area contributed by atoms with Gasteiger partial charge in [0.15, 0.2) is 0 Å². The molecule has 1 aromatic carbocycles. The van der Waals surface area contributed by atoms with Crippen molar-refractivity contribution in [2.24, 2.45) is 0 Å². The second kappa shape index (κ2) is 9.18. The molecule has 1 aromatic heterocycles. The lowest BCUT2D eigenvalue weighted by Gasteiger charge is -2.14. The van der Waals surface area contributed by atoms with Gasteiger partial charge in [-0.05, 0) is 62.3 Å². The van der Waals surface area contributed by atoms with E-state index in [0.29, 0.717) is 5.69 Å². The van der Waals surface area contributed by atoms with E-state index in [0.717, 1.165) is 36.3 Å². The van der Waals surface area contributed by atoms with Gasteiger partial charge in [-0.15, -0.1) is 0 Å². The van der Waals surface area contributed by atoms with Crippen LogP contribution in [0.1, 0.15) is 55.1 Å². The summed E-state index contributed by atoms with van der Waals surface area (Å²) in [5, 5.41) is 6.39. The Hall–Kier alpha value is -2.62. The standard InChI is InChI=1S/C22H27N3O/c1-2-18-10-6-7-11-20(18)25-22(26)21-16-19(13-15-24-21)23-14-12-17-8-4-3-5-9-17/h6-8,10-11,13,15-16H,2-5,9,12,14H2,1H3,(H,23,24)(H,25,26). The van der Waals surface area contributed by atoms with Crippen LogP contribution < -0.4 is 10.6 Å². The monoisotopic (exact) mass is 349 g/mol. The largest absolute Gasteiger partial charge is 0.385 e. The van der Waals surface area contributed by atoms with Crippen LogP contribution in [0.15, 0.2) is 54.2 Å². The number of rotatable bonds is 7. The molecule has 4 heteroatoms. The lowest BCUT2D eigenvalue weighted by Crippen LogP contribution is -2.15. The van der Waals surface area contributed by atoms with Crippen LogP contribution in [0.4, 0.5) is 11.4 Å². The third-order valence-electron chi connectivity index (χ3n) is 4.80. The van der Waals surface area contributed by atoms with E-state index in [1.165, 1.54) is 25.7 Å². The molecule has 2 aromatic rings. The molecule has 0 bridgehead atoms. The summed E-state index contributed by atoms with van der Waals surface area (Å²) in [6, 6.07) is 11.6. The van der Waals surface area contributed by atoms with E-state index < -0.39 is 0 Å². The van der Waals surface area contributed by atoms with Gasteiger partial charge >= 0.3 is 0 Å². The highest BCUT2D eigenvalue weighted by Crippen LogP contribution is 2.20. The molecule has 26 heavy (non-hydrogen) atoms. The molecule has 0 atom stereocenters. The van der Waals surface area contributed by atoms with Crippen LogP contribution in [-0.2, 0) is 6.42 Å². The number of anilines is 2. The van der Waals surface area contributed by atoms with Gasteiger partial charge < -0.3 is 10.6 Å². The maximum atomic E-state index is 12.5. The molecular weight excluding hydrogens is 322 g/mol. The SMILES string of the molecule is CCc1ccccc1NC(=O)c1cc(NCCC2=CCCCC2)ccn1. The van der Waals surface area contributed by atoms with Crippen molar-refractivity contribution < 1.29 is 4.79 Å². The van der Waals surface area contributed by atoms with Crippen LogP contribution in [0, 0.1) is 0 Å². The predicted octanol–water partition coefficient (Wildman–Crippen LogP) is 5.20. The second-order valence-electron chi connectivity index (χ2n) is 6.68. The number of hydrogen-bond donors (Lipinski definition) is 2. The van der Waals surface area contributed by atoms with Gasteiger partial charge in [0.25, 0.3) is 5.91 Å². The molecule has 0 aliphatic heterocycles. The van der Waals surface area contributed by atoms with Gasteiger partial charge in [-0.1, -0.05) is 36.8 Å². The first-order chi connectivity index (χ1) is 12.8. The van der Waals surface area contributed by atoms with Crippen LogP contribution in [0.5, 0.6) is 0 Å². The van der Waals surface area contributed by atoms with Crippen LogP contribution in [-0.4, -0.2) is 17.4 Å². The van der Waals surface area contributed by atoms with E-state index in [1.54, 1.807) is 11.8 Å². The lowest BCUT2D eigenvalue weighted by molar-refractivity contribution is 0.102. The third kappa shape index (κ3) is 4.94. The molecule has 2 N–H and O–H groups in total. The first kappa shape index (κ1) is 18.2. The van der Waals surface area contributed by atoms with Crippen molar-refractivity contribution in [2.45, 2.75) is 45.4 Å². The van der Waals surface area contributed by atoms with Crippen molar-refractivity contribution in [3.8, 4) is 0 Å². The molecule has 1 heterocycles. The van der Waals surface area contributed by atoms with E-state index in [2.05, 4.69) is 28.6 Å². The number of aromatic nitrogens is 1. The minimum Gasteiger partial charge on any atom is -0.385 e. The fourth-order valence-corrected chi connectivity index (χ4v) is 3.30. The van der Waals surface area contributed by atoms with Gasteiger partial charge in [0, 0.05) is 24.1 Å². The average molecular weight is 349 g/mol. The molecule has 0 spiro atoms. The summed E-state index contributed by atoms with van der Waals surface area (Å²) in [6.45, 7) is 2.96. The molecule has 0 radical (unpaired) electrons. The van der Waals surface area contributed by atoms with Crippen molar-refractivity contribution in [3.63, 3.8) is 0 Å². The zero-order valence-electron chi connectivity index (χ0n) is 15.4. The molecule has 0 unspecified atom stereocenters. The van der Waals surface area contributed by atoms with Crippen molar-refractivity contribution in [3.05, 3.63) is 65.5 Å². The number of aryl methyl sites for hydroxylation is 1. The fourth-order valence-electron chi connectivity index (χ4n) is 3.30. The zero-order valence-corrected chi connectivity index (χ0v) is 15.4. The number of nitrogens with zero attached hydrogens (tertiary/aromatic N) is 1. The average Bonchev–Trinajstić information content (AvgIpc) is 2.69. The predicted molar refractivity (Wildman–Crippen MR) is 108 cm³/mol. The minimum absolute atomic E-state index is 0.176. The Labute approximate surface area is 155 Å². The normalized spacial score (nSPS) is 13.8. The third-order valence-corrected chi connectivity index (χ3v) is 4.80. The number of para-hydroxylation sites is 1. The molecule has 1 aliphatic carbocycles. The molecular formula is C22H27N3O. The van der Waals surface area contributed by atoms with E-state index in [1.807, 2.05) is 36.4 Å². The quantitative estimate of drug-likeness (QED) is 0.676. The summed E-state index contributed by atoms with van der Waals surface area (Å²) in [7, 11) is 0. The Morgan fingerprint density at radius 1 is 1.19 bits per heavy atom. The van der Waals surface area contributed by atoms with Crippen molar-refractivity contribution in [1.29, 1.82) is 0 Å². The highest BCUT2D eigenvalue weighted by molar-refractivity contribution is 6.03. The maximum absolute atomic E-state index is 12.5. The van der Waals surface area contributed by atoms with Crippen LogP contribution in [0.3, 0.4) is 0 Å². The topological polar surface area (TPSA) is 54.0 Å². The van der Waals surface area contributed by atoms with Crippen molar-refractivity contribution in [1.82, 2.24) is 4.98 Å². The molecule has 1 amide bonds. The van der Waals surface area contributed by atoms with Gasteiger partial charge in [0.05, 0.1) is 0 Å².